The largest absolute Gasteiger partial charge is 0.664 e. The molecule has 0 aromatic heterocycles. The molecule has 1 heterocycles. The number of β-amino-alcohol motifs (C(OH)–C–C–N with tert-alkyl or cyclic N) is 1. The van der Waals surface area contributed by atoms with Gasteiger partial charge in [-0.2, -0.15) is 0 Å². The van der Waals surface area contributed by atoms with Crippen molar-refractivity contribution in [3.63, 3.8) is 0 Å². The van der Waals surface area contributed by atoms with E-state index in [4.69, 9.17) is 17.3 Å². The van der Waals surface area contributed by atoms with Gasteiger partial charge < -0.3 is 20.5 Å². The molecular weight excluding hydrogens is 491 g/mol. The number of amides is 1. The number of anilines is 1. The first kappa shape index (κ1) is 22.6. The van der Waals surface area contributed by atoms with Crippen LogP contribution in [0.3, 0.4) is 0 Å². The number of rotatable bonds is 6. The van der Waals surface area contributed by atoms with Gasteiger partial charge in [0, 0.05) is 79.2 Å². The smallest absolute Gasteiger partial charge is 0.0811 e. The van der Waals surface area contributed by atoms with E-state index in [9.17, 15) is 9.90 Å². The van der Waals surface area contributed by atoms with Gasteiger partial charge >= 0.3 is 0 Å². The third-order valence-corrected chi connectivity index (χ3v) is 5.25. The number of hydrogen-bond donors (Lipinski definition) is 1. The van der Waals surface area contributed by atoms with E-state index in [-0.39, 0.29) is 64.0 Å². The summed E-state index contributed by atoms with van der Waals surface area (Å²) in [6.07, 6.45) is 0.547. The first-order chi connectivity index (χ1) is 12.5. The molecule has 2 aromatic carbocycles. The number of likely N-dealkylation sites (N-methyl/N-ethyl adjacent to an activating group) is 1. The van der Waals surface area contributed by atoms with Gasteiger partial charge in [-0.15, -0.1) is 0 Å². The van der Waals surface area contributed by atoms with E-state index in [0.717, 1.165) is 25.2 Å². The van der Waals surface area contributed by atoms with Crippen molar-refractivity contribution in [2.24, 2.45) is 0 Å². The van der Waals surface area contributed by atoms with E-state index in [0.29, 0.717) is 6.54 Å². The van der Waals surface area contributed by atoms with Gasteiger partial charge in [-0.3, -0.25) is 4.90 Å². The summed E-state index contributed by atoms with van der Waals surface area (Å²) in [5.74, 6) is -0.783. The standard InChI is InChI=1S/C20H24ClN3O2.Pr/c1-23(15-7-8-17(20(22)26)18(21)11-15)19(14-5-3-2-4-6-14)13-24-10-9-16(25)12-24;/h2-8,11,16,19,25H,9-10,12-13H2,1H3,(H2,22,26);/p-1/t16-,19+;/m0./s1. The van der Waals surface area contributed by atoms with Gasteiger partial charge in [0.05, 0.1) is 23.1 Å². The van der Waals surface area contributed by atoms with Crippen LogP contribution in [0, 0.1) is 41.3 Å². The minimum Gasteiger partial charge on any atom is -0.664 e. The van der Waals surface area contributed by atoms with Crippen LogP contribution in [0.2, 0.25) is 5.02 Å². The number of aliphatic hydroxyl groups excluding tert-OH is 1. The van der Waals surface area contributed by atoms with Crippen molar-refractivity contribution in [3.05, 3.63) is 70.4 Å². The molecular formula is C20H23ClN3O2Pr-. The first-order valence-electron chi connectivity index (χ1n) is 8.69. The minimum absolute atomic E-state index is 0. The summed E-state index contributed by atoms with van der Waals surface area (Å²) in [6.45, 7) is 2.35. The maximum Gasteiger partial charge on any atom is 0.0811 e. The molecule has 0 aliphatic carbocycles. The van der Waals surface area contributed by atoms with Crippen LogP contribution in [-0.2, 0) is 0 Å². The maximum absolute atomic E-state index is 11.3. The number of nitrogens with one attached hydrogen (secondary N) is 1. The zero-order valence-corrected chi connectivity index (χ0v) is 19.8. The Labute approximate surface area is 198 Å². The Morgan fingerprint density at radius 2 is 2.04 bits per heavy atom. The van der Waals surface area contributed by atoms with E-state index in [1.807, 2.05) is 31.3 Å². The predicted octanol–water partition coefficient (Wildman–Crippen LogP) is 3.78. The average Bonchev–Trinajstić information content (AvgIpc) is 3.04. The number of aliphatic hydroxyl groups is 1. The molecule has 0 spiro atoms. The van der Waals surface area contributed by atoms with Crippen molar-refractivity contribution in [3.8, 4) is 0 Å². The summed E-state index contributed by atoms with van der Waals surface area (Å²) >= 11 is 6.20. The number of benzene rings is 2. The molecule has 141 valence electrons. The number of carbonyl (C=O) groups is 1. The van der Waals surface area contributed by atoms with Crippen LogP contribution in [0.25, 0.3) is 5.73 Å². The van der Waals surface area contributed by atoms with Gasteiger partial charge in [0.15, 0.2) is 0 Å². The molecule has 1 radical (unpaired) electrons. The molecule has 3 rings (SSSR count). The second kappa shape index (κ2) is 10.2. The van der Waals surface area contributed by atoms with E-state index in [1.165, 1.54) is 5.56 Å². The number of carbonyl (C=O) groups excluding carboxylic acids is 1. The minimum atomic E-state index is -0.783. The molecule has 0 unspecified atom stereocenters. The van der Waals surface area contributed by atoms with Gasteiger partial charge in [0.2, 0.25) is 0 Å². The van der Waals surface area contributed by atoms with Gasteiger partial charge in [-0.25, -0.2) is 0 Å². The third kappa shape index (κ3) is 5.64. The van der Waals surface area contributed by atoms with Crippen LogP contribution in [0.1, 0.15) is 28.4 Å². The van der Waals surface area contributed by atoms with Gasteiger partial charge in [-0.05, 0) is 30.2 Å². The molecule has 5 nitrogen and oxygen atoms in total. The van der Waals surface area contributed by atoms with Crippen molar-refractivity contribution in [2.75, 3.05) is 31.6 Å². The van der Waals surface area contributed by atoms with Crippen LogP contribution < -0.4 is 4.90 Å². The summed E-state index contributed by atoms with van der Waals surface area (Å²) in [6, 6.07) is 15.5. The molecule has 7 heteroatoms. The van der Waals surface area contributed by atoms with Crippen molar-refractivity contribution < 1.29 is 51.2 Å². The average molecular weight is 514 g/mol. The number of halogens is 1. The Bertz CT molecular complexity index is 775. The van der Waals surface area contributed by atoms with Gasteiger partial charge in [0.25, 0.3) is 0 Å². The normalized spacial score (nSPS) is 18.0. The summed E-state index contributed by atoms with van der Waals surface area (Å²) in [4.78, 5) is 15.7. The van der Waals surface area contributed by atoms with Gasteiger partial charge in [-0.1, -0.05) is 41.9 Å². The van der Waals surface area contributed by atoms with Crippen LogP contribution >= 0.6 is 11.6 Å². The van der Waals surface area contributed by atoms with E-state index in [2.05, 4.69) is 21.9 Å². The SMILES string of the molecule is CN(c1ccc(C([NH-])=O)c(Cl)c1)[C@H](CN1CC[C@H](O)C1)c1ccccc1.[Pr]. The Balaban J connectivity index is 0.00000261. The van der Waals surface area contributed by atoms with Crippen LogP contribution in [0.4, 0.5) is 5.69 Å². The Kier molecular flexibility index (Phi) is 8.50. The third-order valence-electron chi connectivity index (χ3n) is 4.94. The zero-order valence-electron chi connectivity index (χ0n) is 15.3. The van der Waals surface area contributed by atoms with Crippen molar-refractivity contribution >= 4 is 23.2 Å². The number of hydrogen-bond acceptors (Lipinski definition) is 4. The van der Waals surface area contributed by atoms with E-state index in [1.54, 1.807) is 12.1 Å². The molecule has 1 aliphatic rings. The van der Waals surface area contributed by atoms with Crippen molar-refractivity contribution in [1.82, 2.24) is 4.90 Å². The molecule has 2 aromatic rings. The zero-order chi connectivity index (χ0) is 18.7. The molecule has 2 N–H and O–H groups in total. The van der Waals surface area contributed by atoms with Gasteiger partial charge in [0.1, 0.15) is 0 Å². The maximum atomic E-state index is 11.3. The monoisotopic (exact) mass is 513 g/mol. The molecule has 27 heavy (non-hydrogen) atoms. The fourth-order valence-electron chi connectivity index (χ4n) is 3.44. The van der Waals surface area contributed by atoms with Crippen LogP contribution in [-0.4, -0.2) is 48.7 Å². The number of nitrogens with zero attached hydrogens (tertiary/aromatic N) is 2. The van der Waals surface area contributed by atoms with Crippen molar-refractivity contribution in [1.29, 1.82) is 0 Å². The molecule has 1 aliphatic heterocycles. The van der Waals surface area contributed by atoms with Crippen LogP contribution in [0.5, 0.6) is 0 Å². The Morgan fingerprint density at radius 1 is 1.33 bits per heavy atom. The molecule has 0 bridgehead atoms. The Hall–Kier alpha value is -0.716. The fourth-order valence-corrected chi connectivity index (χ4v) is 3.70. The second-order valence-electron chi connectivity index (χ2n) is 6.73. The predicted molar refractivity (Wildman–Crippen MR) is 105 cm³/mol. The molecule has 1 amide bonds. The summed E-state index contributed by atoms with van der Waals surface area (Å²) in [5, 5.41) is 10.1. The quantitative estimate of drug-likeness (QED) is 0.638. The fraction of sp³-hybridized carbons (Fsp3) is 0.350. The number of likely N-dealkylation sites (tertiary alicyclic amines) is 1. The first-order valence-corrected chi connectivity index (χ1v) is 9.07. The Morgan fingerprint density at radius 3 is 2.59 bits per heavy atom. The second-order valence-corrected chi connectivity index (χ2v) is 7.14. The van der Waals surface area contributed by atoms with Crippen LogP contribution in [0.15, 0.2) is 48.5 Å². The van der Waals surface area contributed by atoms with Crippen molar-refractivity contribution in [2.45, 2.75) is 18.6 Å². The summed E-state index contributed by atoms with van der Waals surface area (Å²) < 4.78 is 0. The van der Waals surface area contributed by atoms with E-state index >= 15 is 0 Å². The molecule has 1 fully saturated rings. The topological polar surface area (TPSA) is 67.6 Å². The molecule has 2 atom stereocenters. The summed E-state index contributed by atoms with van der Waals surface area (Å²) in [7, 11) is 2.00. The molecule has 0 saturated carbocycles. The summed E-state index contributed by atoms with van der Waals surface area (Å²) in [5.41, 5.74) is 9.53. The van der Waals surface area contributed by atoms with E-state index < -0.39 is 5.91 Å². The molecule has 1 saturated heterocycles.